The fourth-order valence-electron chi connectivity index (χ4n) is 2.93. The molecule has 1 heterocycles. The zero-order valence-electron chi connectivity index (χ0n) is 16.2. The first-order valence-corrected chi connectivity index (χ1v) is 9.00. The van der Waals surface area contributed by atoms with Crippen molar-refractivity contribution in [2.75, 3.05) is 7.11 Å². The van der Waals surface area contributed by atoms with E-state index in [0.29, 0.717) is 12.9 Å². The molecule has 0 unspecified atom stereocenters. The van der Waals surface area contributed by atoms with Gasteiger partial charge in [-0.15, -0.1) is 0 Å². The summed E-state index contributed by atoms with van der Waals surface area (Å²) in [5, 5.41) is 0. The fourth-order valence-corrected chi connectivity index (χ4v) is 2.93. The van der Waals surface area contributed by atoms with Crippen molar-refractivity contribution in [3.05, 3.63) is 59.7 Å². The molecule has 0 bridgehead atoms. The molecule has 1 aliphatic rings. The topological polar surface area (TPSA) is 36.9 Å². The van der Waals surface area contributed by atoms with Crippen molar-refractivity contribution in [2.45, 2.75) is 51.8 Å². The molecule has 0 N–H and O–H groups in total. The number of ether oxygens (including phenoxy) is 2. The first kappa shape index (κ1) is 18.8. The molecule has 0 spiro atoms. The van der Waals surface area contributed by atoms with Crippen molar-refractivity contribution in [3.8, 4) is 11.5 Å². The van der Waals surface area contributed by atoms with Crippen molar-refractivity contribution in [3.63, 3.8) is 0 Å². The molecule has 2 aromatic carbocycles. The van der Waals surface area contributed by atoms with Crippen LogP contribution in [0, 0.1) is 0 Å². The Labute approximate surface area is 156 Å². The van der Waals surface area contributed by atoms with Gasteiger partial charge in [-0.25, -0.2) is 0 Å². The molecular formula is C21H27BO4. The summed E-state index contributed by atoms with van der Waals surface area (Å²) in [6.07, 6.45) is 0.669. The maximum atomic E-state index is 6.08. The van der Waals surface area contributed by atoms with Crippen LogP contribution in [0.25, 0.3) is 0 Å². The Morgan fingerprint density at radius 3 is 2.12 bits per heavy atom. The molecule has 0 saturated carbocycles. The van der Waals surface area contributed by atoms with Gasteiger partial charge in [0.05, 0.1) is 18.3 Å². The summed E-state index contributed by atoms with van der Waals surface area (Å²) in [5.41, 5.74) is 1.57. The summed E-state index contributed by atoms with van der Waals surface area (Å²) in [7, 11) is 1.39. The van der Waals surface area contributed by atoms with Crippen LogP contribution in [0.4, 0.5) is 0 Å². The minimum atomic E-state index is -0.319. The van der Waals surface area contributed by atoms with Gasteiger partial charge in [-0.3, -0.25) is 0 Å². The van der Waals surface area contributed by atoms with E-state index in [1.165, 1.54) is 0 Å². The number of benzene rings is 2. The van der Waals surface area contributed by atoms with Crippen LogP contribution >= 0.6 is 0 Å². The molecule has 0 amide bonds. The summed E-state index contributed by atoms with van der Waals surface area (Å²) in [4.78, 5) is 0. The second-order valence-electron chi connectivity index (χ2n) is 7.65. The van der Waals surface area contributed by atoms with E-state index in [-0.39, 0.29) is 18.3 Å². The maximum Gasteiger partial charge on any atom is 0.462 e. The third kappa shape index (κ3) is 4.05. The van der Waals surface area contributed by atoms with E-state index in [9.17, 15) is 0 Å². The predicted octanol–water partition coefficient (Wildman–Crippen LogP) is 4.45. The van der Waals surface area contributed by atoms with Crippen LogP contribution in [-0.4, -0.2) is 25.4 Å². The highest BCUT2D eigenvalue weighted by Gasteiger charge is 2.50. The summed E-state index contributed by atoms with van der Waals surface area (Å²) in [6.45, 7) is 8.76. The Balaban J connectivity index is 1.67. The zero-order chi connectivity index (χ0) is 18.8. The normalized spacial score (nSPS) is 18.0. The lowest BCUT2D eigenvalue weighted by Crippen LogP contribution is -2.41. The molecule has 5 heteroatoms. The lowest BCUT2D eigenvalue weighted by atomic mass is 9.81. The molecule has 0 radical (unpaired) electrons. The summed E-state index contributed by atoms with van der Waals surface area (Å²) >= 11 is 0. The Morgan fingerprint density at radius 1 is 0.846 bits per heavy atom. The van der Waals surface area contributed by atoms with Crippen LogP contribution in [0.3, 0.4) is 0 Å². The smallest absolute Gasteiger partial charge is 0.462 e. The number of rotatable bonds is 6. The standard InChI is InChI=1S/C21H27BO4/c1-20(2)21(3,4)26-22(25-20)14-17-11-12-18(19(13-17)23-5)24-15-16-9-7-6-8-10-16/h6-13H,14-15H2,1-5H3. The predicted molar refractivity (Wildman–Crippen MR) is 104 cm³/mol. The van der Waals surface area contributed by atoms with Crippen molar-refractivity contribution >= 4 is 7.12 Å². The molecule has 26 heavy (non-hydrogen) atoms. The maximum absolute atomic E-state index is 6.08. The Morgan fingerprint density at radius 2 is 1.50 bits per heavy atom. The average molecular weight is 354 g/mol. The molecule has 3 rings (SSSR count). The Bertz CT molecular complexity index is 727. The van der Waals surface area contributed by atoms with Gasteiger partial charge in [-0.05, 0) is 51.0 Å². The monoisotopic (exact) mass is 354 g/mol. The lowest BCUT2D eigenvalue weighted by Gasteiger charge is -2.32. The van der Waals surface area contributed by atoms with Gasteiger partial charge in [0.15, 0.2) is 11.5 Å². The first-order valence-electron chi connectivity index (χ1n) is 9.00. The van der Waals surface area contributed by atoms with Gasteiger partial charge in [0.1, 0.15) is 6.61 Å². The van der Waals surface area contributed by atoms with E-state index in [1.54, 1.807) is 7.11 Å². The van der Waals surface area contributed by atoms with Crippen LogP contribution in [0.2, 0.25) is 0 Å². The van der Waals surface area contributed by atoms with E-state index in [1.807, 2.05) is 48.5 Å². The van der Waals surface area contributed by atoms with E-state index >= 15 is 0 Å². The number of methoxy groups -OCH3 is 1. The number of hydrogen-bond acceptors (Lipinski definition) is 4. The van der Waals surface area contributed by atoms with Gasteiger partial charge in [-0.1, -0.05) is 36.4 Å². The SMILES string of the molecule is COc1cc(CB2OC(C)(C)C(C)(C)O2)ccc1OCc1ccccc1. The molecule has 1 fully saturated rings. The van der Waals surface area contributed by atoms with Gasteiger partial charge in [-0.2, -0.15) is 0 Å². The highest BCUT2D eigenvalue weighted by Crippen LogP contribution is 2.38. The molecule has 0 aliphatic carbocycles. The minimum Gasteiger partial charge on any atom is -0.493 e. The molecule has 1 saturated heterocycles. The molecule has 0 aromatic heterocycles. The second kappa shape index (κ2) is 7.33. The second-order valence-corrected chi connectivity index (χ2v) is 7.65. The first-order chi connectivity index (χ1) is 12.3. The van der Waals surface area contributed by atoms with Crippen LogP contribution in [-0.2, 0) is 22.2 Å². The summed E-state index contributed by atoms with van der Waals surface area (Å²) in [5.74, 6) is 1.45. The van der Waals surface area contributed by atoms with Crippen LogP contribution in [0.15, 0.2) is 48.5 Å². The van der Waals surface area contributed by atoms with E-state index < -0.39 is 0 Å². The van der Waals surface area contributed by atoms with Gasteiger partial charge in [0.2, 0.25) is 0 Å². The van der Waals surface area contributed by atoms with Gasteiger partial charge < -0.3 is 18.8 Å². The highest BCUT2D eigenvalue weighted by atomic mass is 16.7. The molecule has 138 valence electrons. The number of hydrogen-bond donors (Lipinski definition) is 0. The molecule has 2 aromatic rings. The molecule has 0 atom stereocenters. The van der Waals surface area contributed by atoms with Crippen LogP contribution < -0.4 is 9.47 Å². The van der Waals surface area contributed by atoms with Crippen molar-refractivity contribution in [1.82, 2.24) is 0 Å². The molecular weight excluding hydrogens is 327 g/mol. The fraction of sp³-hybridized carbons (Fsp3) is 0.429. The lowest BCUT2D eigenvalue weighted by molar-refractivity contribution is 0.00578. The summed E-state index contributed by atoms with van der Waals surface area (Å²) < 4.78 is 23.6. The minimum absolute atomic E-state index is 0.263. The van der Waals surface area contributed by atoms with Crippen molar-refractivity contribution in [2.24, 2.45) is 0 Å². The van der Waals surface area contributed by atoms with Crippen LogP contribution in [0.5, 0.6) is 11.5 Å². The quantitative estimate of drug-likeness (QED) is 0.719. The zero-order valence-corrected chi connectivity index (χ0v) is 16.2. The summed E-state index contributed by atoms with van der Waals surface area (Å²) in [6, 6.07) is 16.1. The molecule has 1 aliphatic heterocycles. The van der Waals surface area contributed by atoms with Gasteiger partial charge in [0, 0.05) is 6.32 Å². The van der Waals surface area contributed by atoms with E-state index in [2.05, 4.69) is 27.7 Å². The third-order valence-corrected chi connectivity index (χ3v) is 5.17. The highest BCUT2D eigenvalue weighted by molar-refractivity contribution is 6.45. The van der Waals surface area contributed by atoms with Crippen LogP contribution in [0.1, 0.15) is 38.8 Å². The van der Waals surface area contributed by atoms with E-state index in [0.717, 1.165) is 22.6 Å². The van der Waals surface area contributed by atoms with Gasteiger partial charge in [0.25, 0.3) is 0 Å². The van der Waals surface area contributed by atoms with E-state index in [4.69, 9.17) is 18.8 Å². The van der Waals surface area contributed by atoms with Gasteiger partial charge >= 0.3 is 7.12 Å². The Kier molecular flexibility index (Phi) is 5.30. The van der Waals surface area contributed by atoms with Crippen molar-refractivity contribution < 1.29 is 18.8 Å². The largest absolute Gasteiger partial charge is 0.493 e. The van der Waals surface area contributed by atoms with Crippen molar-refractivity contribution in [1.29, 1.82) is 0 Å². The average Bonchev–Trinajstić information content (AvgIpc) is 2.81. The Hall–Kier alpha value is -1.98. The third-order valence-electron chi connectivity index (χ3n) is 5.17. The molecule has 4 nitrogen and oxygen atoms in total.